The van der Waals surface area contributed by atoms with Gasteiger partial charge < -0.3 is 4.98 Å². The van der Waals surface area contributed by atoms with Gasteiger partial charge in [0.25, 0.3) is 5.91 Å². The highest BCUT2D eigenvalue weighted by molar-refractivity contribution is 6.13. The summed E-state index contributed by atoms with van der Waals surface area (Å²) in [6.07, 6.45) is 0. The second kappa shape index (κ2) is 7.83. The molecule has 1 amide bonds. The third-order valence-corrected chi connectivity index (χ3v) is 4.38. The number of hydrogen-bond donors (Lipinski definition) is 2. The summed E-state index contributed by atoms with van der Waals surface area (Å²) in [6.45, 7) is 5.03. The maximum Gasteiger partial charge on any atom is 0.288 e. The average molecular weight is 359 g/mol. The van der Waals surface area contributed by atoms with Crippen LogP contribution >= 0.6 is 0 Å². The number of nitrogens with one attached hydrogen (secondary N) is 2. The lowest BCUT2D eigenvalue weighted by atomic mass is 10.0. The second-order valence-electron chi connectivity index (χ2n) is 6.31. The van der Waals surface area contributed by atoms with Crippen molar-refractivity contribution in [3.8, 4) is 0 Å². The summed E-state index contributed by atoms with van der Waals surface area (Å²) in [4.78, 5) is 27.4. The molecule has 0 saturated carbocycles. The van der Waals surface area contributed by atoms with Crippen LogP contribution in [0.2, 0.25) is 0 Å². The lowest BCUT2D eigenvalue weighted by Crippen LogP contribution is -2.22. The number of aromatic amines is 1. The Bertz CT molecular complexity index is 961. The van der Waals surface area contributed by atoms with Gasteiger partial charge in [-0.05, 0) is 26.3 Å². The summed E-state index contributed by atoms with van der Waals surface area (Å²) in [5.74, 6) is -0.453. The number of hydrogen-bond acceptors (Lipinski definition) is 3. The molecule has 0 aliphatic rings. The smallest absolute Gasteiger partial charge is 0.288 e. The number of carbonyl (C=O) groups excluding carboxylic acids is 2. The molecule has 2 N–H and O–H groups in total. The van der Waals surface area contributed by atoms with Gasteiger partial charge in [0.15, 0.2) is 5.78 Å². The molecule has 0 saturated heterocycles. The van der Waals surface area contributed by atoms with Gasteiger partial charge in [-0.2, -0.15) is 5.10 Å². The number of nitrogens with zero attached hydrogens (tertiary/aromatic N) is 1. The summed E-state index contributed by atoms with van der Waals surface area (Å²) >= 11 is 0. The number of carbonyl (C=O) groups is 2. The van der Waals surface area contributed by atoms with Gasteiger partial charge in [-0.25, -0.2) is 5.43 Å². The zero-order chi connectivity index (χ0) is 19.4. The Balaban J connectivity index is 1.95. The zero-order valence-electron chi connectivity index (χ0n) is 15.5. The van der Waals surface area contributed by atoms with Crippen molar-refractivity contribution in [3.05, 3.63) is 94.3 Å². The Morgan fingerprint density at radius 1 is 0.889 bits per heavy atom. The van der Waals surface area contributed by atoms with Gasteiger partial charge in [0.2, 0.25) is 0 Å². The standard InChI is InChI=1S/C22H21N3O2/c1-14-19(16(3)26)15(2)23-20(14)22(27)25-24-21(17-10-6-4-7-11-17)18-12-8-5-9-13-18/h4-13,23H,1-3H3,(H,25,27). The molecule has 27 heavy (non-hydrogen) atoms. The highest BCUT2D eigenvalue weighted by Gasteiger charge is 2.19. The lowest BCUT2D eigenvalue weighted by Gasteiger charge is -2.08. The van der Waals surface area contributed by atoms with E-state index in [1.807, 2.05) is 60.7 Å². The van der Waals surface area contributed by atoms with Gasteiger partial charge in [-0.15, -0.1) is 0 Å². The lowest BCUT2D eigenvalue weighted by molar-refractivity contribution is 0.0949. The van der Waals surface area contributed by atoms with E-state index in [9.17, 15) is 9.59 Å². The van der Waals surface area contributed by atoms with Gasteiger partial charge in [-0.3, -0.25) is 9.59 Å². The Morgan fingerprint density at radius 2 is 1.41 bits per heavy atom. The molecule has 3 rings (SSSR count). The number of rotatable bonds is 5. The molecule has 0 unspecified atom stereocenters. The molecule has 1 heterocycles. The molecule has 0 spiro atoms. The minimum Gasteiger partial charge on any atom is -0.354 e. The first-order valence-corrected chi connectivity index (χ1v) is 8.68. The highest BCUT2D eigenvalue weighted by atomic mass is 16.2. The molecule has 0 atom stereocenters. The van der Waals surface area contributed by atoms with Gasteiger partial charge in [0.05, 0.1) is 5.71 Å². The van der Waals surface area contributed by atoms with E-state index in [2.05, 4.69) is 15.5 Å². The van der Waals surface area contributed by atoms with Gasteiger partial charge in [0.1, 0.15) is 5.69 Å². The molecule has 0 radical (unpaired) electrons. The molecule has 2 aromatic carbocycles. The first kappa shape index (κ1) is 18.3. The van der Waals surface area contributed by atoms with Crippen LogP contribution in [0, 0.1) is 13.8 Å². The fraction of sp³-hybridized carbons (Fsp3) is 0.136. The van der Waals surface area contributed by atoms with E-state index in [1.165, 1.54) is 6.92 Å². The van der Waals surface area contributed by atoms with Crippen LogP contribution in [-0.4, -0.2) is 22.4 Å². The van der Waals surface area contributed by atoms with Crippen LogP contribution in [0.3, 0.4) is 0 Å². The van der Waals surface area contributed by atoms with E-state index in [0.29, 0.717) is 28.2 Å². The number of benzene rings is 2. The fourth-order valence-electron chi connectivity index (χ4n) is 3.16. The molecular weight excluding hydrogens is 338 g/mol. The van der Waals surface area contributed by atoms with Crippen LogP contribution in [0.25, 0.3) is 0 Å². The predicted molar refractivity (Wildman–Crippen MR) is 106 cm³/mol. The van der Waals surface area contributed by atoms with Crippen LogP contribution in [0.1, 0.15) is 50.2 Å². The van der Waals surface area contributed by atoms with Crippen LogP contribution < -0.4 is 5.43 Å². The van der Waals surface area contributed by atoms with Crippen molar-refractivity contribution in [2.45, 2.75) is 20.8 Å². The van der Waals surface area contributed by atoms with Crippen molar-refractivity contribution in [1.29, 1.82) is 0 Å². The minimum atomic E-state index is -0.382. The molecule has 0 fully saturated rings. The summed E-state index contributed by atoms with van der Waals surface area (Å²) in [7, 11) is 0. The molecule has 0 aliphatic carbocycles. The number of H-pyrrole nitrogens is 1. The van der Waals surface area contributed by atoms with Gasteiger partial charge in [-0.1, -0.05) is 60.7 Å². The van der Waals surface area contributed by atoms with Crippen molar-refractivity contribution >= 4 is 17.4 Å². The monoisotopic (exact) mass is 359 g/mol. The highest BCUT2D eigenvalue weighted by Crippen LogP contribution is 2.18. The van der Waals surface area contributed by atoms with Crippen LogP contribution in [-0.2, 0) is 0 Å². The third kappa shape index (κ3) is 3.87. The maximum absolute atomic E-state index is 12.7. The third-order valence-electron chi connectivity index (χ3n) is 4.38. The Kier molecular flexibility index (Phi) is 5.31. The molecule has 5 heteroatoms. The van der Waals surface area contributed by atoms with E-state index >= 15 is 0 Å². The minimum absolute atomic E-state index is 0.0712. The van der Waals surface area contributed by atoms with Crippen molar-refractivity contribution in [2.24, 2.45) is 5.10 Å². The number of aromatic nitrogens is 1. The summed E-state index contributed by atoms with van der Waals surface area (Å²) in [5, 5.41) is 4.38. The Hall–Kier alpha value is -3.47. The average Bonchev–Trinajstić information content (AvgIpc) is 2.98. The van der Waals surface area contributed by atoms with Gasteiger partial charge >= 0.3 is 0 Å². The van der Waals surface area contributed by atoms with E-state index < -0.39 is 0 Å². The molecule has 136 valence electrons. The summed E-state index contributed by atoms with van der Waals surface area (Å²) < 4.78 is 0. The first-order valence-electron chi connectivity index (χ1n) is 8.68. The number of hydrazone groups is 1. The molecule has 3 aromatic rings. The normalized spacial score (nSPS) is 10.3. The number of aryl methyl sites for hydroxylation is 1. The van der Waals surface area contributed by atoms with E-state index in [1.54, 1.807) is 13.8 Å². The molecular formula is C22H21N3O2. The van der Waals surface area contributed by atoms with E-state index in [-0.39, 0.29) is 11.7 Å². The predicted octanol–water partition coefficient (Wildman–Crippen LogP) is 4.02. The van der Waals surface area contributed by atoms with E-state index in [4.69, 9.17) is 0 Å². The zero-order valence-corrected chi connectivity index (χ0v) is 15.5. The molecule has 0 aliphatic heterocycles. The maximum atomic E-state index is 12.7. The van der Waals surface area contributed by atoms with Gasteiger partial charge in [0, 0.05) is 22.4 Å². The molecule has 0 bridgehead atoms. The van der Waals surface area contributed by atoms with Crippen molar-refractivity contribution in [3.63, 3.8) is 0 Å². The first-order chi connectivity index (χ1) is 13.0. The van der Waals surface area contributed by atoms with Crippen LogP contribution in [0.4, 0.5) is 0 Å². The topological polar surface area (TPSA) is 74.3 Å². The van der Waals surface area contributed by atoms with Crippen LogP contribution in [0.15, 0.2) is 65.8 Å². The molecule has 5 nitrogen and oxygen atoms in total. The quantitative estimate of drug-likeness (QED) is 0.410. The Morgan fingerprint density at radius 3 is 1.85 bits per heavy atom. The number of Topliss-reactive ketones (excluding diaryl/α,β-unsaturated/α-hetero) is 1. The summed E-state index contributed by atoms with van der Waals surface area (Å²) in [6, 6.07) is 19.3. The second-order valence-corrected chi connectivity index (χ2v) is 6.31. The van der Waals surface area contributed by atoms with Crippen molar-refractivity contribution in [2.75, 3.05) is 0 Å². The fourth-order valence-corrected chi connectivity index (χ4v) is 3.16. The van der Waals surface area contributed by atoms with Crippen LogP contribution in [0.5, 0.6) is 0 Å². The van der Waals surface area contributed by atoms with E-state index in [0.717, 1.165) is 11.1 Å². The summed E-state index contributed by atoms with van der Waals surface area (Å²) in [5.41, 5.74) is 7.29. The SMILES string of the molecule is CC(=O)c1c(C)[nH]c(C(=O)NN=C(c2ccccc2)c2ccccc2)c1C. The van der Waals surface area contributed by atoms with Crippen molar-refractivity contribution in [1.82, 2.24) is 10.4 Å². The number of ketones is 1. The number of amides is 1. The molecule has 1 aromatic heterocycles. The largest absolute Gasteiger partial charge is 0.354 e. The Labute approximate surface area is 158 Å². The van der Waals surface area contributed by atoms with Crippen molar-refractivity contribution < 1.29 is 9.59 Å².